The van der Waals surface area contributed by atoms with Crippen LogP contribution in [0.15, 0.2) is 41.4 Å². The molecule has 0 saturated carbocycles. The van der Waals surface area contributed by atoms with E-state index in [1.807, 2.05) is 4.68 Å². The molecular formula is C16H20FN3OS. The molecule has 6 heteroatoms. The van der Waals surface area contributed by atoms with E-state index in [9.17, 15) is 9.18 Å². The second-order valence-corrected chi connectivity index (χ2v) is 6.13. The quantitative estimate of drug-likeness (QED) is 0.781. The third-order valence-electron chi connectivity index (χ3n) is 3.37. The number of benzene rings is 1. The van der Waals surface area contributed by atoms with Crippen LogP contribution in [0.25, 0.3) is 0 Å². The SMILES string of the molecule is CCC(C)n1nccc1NC(=O)CCSc1ccccc1F. The molecule has 2 aromatic rings. The van der Waals surface area contributed by atoms with E-state index in [1.165, 1.54) is 17.8 Å². The van der Waals surface area contributed by atoms with Gasteiger partial charge in [0.15, 0.2) is 0 Å². The first-order valence-corrected chi connectivity index (χ1v) is 8.31. The molecule has 1 aromatic heterocycles. The van der Waals surface area contributed by atoms with Gasteiger partial charge in [-0.05, 0) is 25.5 Å². The van der Waals surface area contributed by atoms with Crippen LogP contribution in [0.2, 0.25) is 0 Å². The maximum Gasteiger partial charge on any atom is 0.226 e. The zero-order valence-electron chi connectivity index (χ0n) is 12.8. The number of nitrogens with one attached hydrogen (secondary N) is 1. The van der Waals surface area contributed by atoms with Crippen molar-refractivity contribution >= 4 is 23.5 Å². The van der Waals surface area contributed by atoms with Crippen molar-refractivity contribution in [2.75, 3.05) is 11.1 Å². The number of aromatic nitrogens is 2. The van der Waals surface area contributed by atoms with E-state index in [0.29, 0.717) is 22.9 Å². The number of rotatable bonds is 7. The summed E-state index contributed by atoms with van der Waals surface area (Å²) >= 11 is 1.34. The lowest BCUT2D eigenvalue weighted by Gasteiger charge is -2.14. The summed E-state index contributed by atoms with van der Waals surface area (Å²) in [7, 11) is 0. The van der Waals surface area contributed by atoms with Gasteiger partial charge in [0.2, 0.25) is 5.91 Å². The van der Waals surface area contributed by atoms with Crippen LogP contribution in [0, 0.1) is 5.82 Å². The predicted molar refractivity (Wildman–Crippen MR) is 87.6 cm³/mol. The van der Waals surface area contributed by atoms with Crippen molar-refractivity contribution in [2.45, 2.75) is 37.6 Å². The summed E-state index contributed by atoms with van der Waals surface area (Å²) in [5.41, 5.74) is 0. The highest BCUT2D eigenvalue weighted by Crippen LogP contribution is 2.22. The molecule has 2 rings (SSSR count). The fourth-order valence-corrected chi connectivity index (χ4v) is 2.85. The van der Waals surface area contributed by atoms with Crippen LogP contribution in [0.5, 0.6) is 0 Å². The zero-order valence-corrected chi connectivity index (χ0v) is 13.6. The van der Waals surface area contributed by atoms with E-state index in [1.54, 1.807) is 30.5 Å². The van der Waals surface area contributed by atoms with Gasteiger partial charge in [0.05, 0.1) is 12.2 Å². The first-order chi connectivity index (χ1) is 10.6. The van der Waals surface area contributed by atoms with E-state index in [4.69, 9.17) is 0 Å². The lowest BCUT2D eigenvalue weighted by Crippen LogP contribution is -2.17. The summed E-state index contributed by atoms with van der Waals surface area (Å²) in [6.07, 6.45) is 2.94. The fourth-order valence-electron chi connectivity index (χ4n) is 1.96. The minimum Gasteiger partial charge on any atom is -0.311 e. The number of carbonyl (C=O) groups is 1. The molecule has 0 bridgehead atoms. The molecule has 0 aliphatic rings. The predicted octanol–water partition coefficient (Wildman–Crippen LogP) is 4.11. The zero-order chi connectivity index (χ0) is 15.9. The molecule has 22 heavy (non-hydrogen) atoms. The monoisotopic (exact) mass is 321 g/mol. The van der Waals surface area contributed by atoms with E-state index >= 15 is 0 Å². The Hall–Kier alpha value is -1.82. The average Bonchev–Trinajstić information content (AvgIpc) is 2.96. The fraction of sp³-hybridized carbons (Fsp3) is 0.375. The van der Waals surface area contributed by atoms with Gasteiger partial charge in [0.25, 0.3) is 0 Å². The van der Waals surface area contributed by atoms with Gasteiger partial charge in [0.1, 0.15) is 11.6 Å². The molecule has 0 aliphatic carbocycles. The minimum atomic E-state index is -0.247. The smallest absolute Gasteiger partial charge is 0.226 e. The van der Waals surface area contributed by atoms with Crippen LogP contribution in [0.3, 0.4) is 0 Å². The molecule has 0 fully saturated rings. The maximum atomic E-state index is 13.5. The van der Waals surface area contributed by atoms with Gasteiger partial charge in [0, 0.05) is 23.1 Å². The summed E-state index contributed by atoms with van der Waals surface area (Å²) in [4.78, 5) is 12.6. The van der Waals surface area contributed by atoms with Gasteiger partial charge in [-0.3, -0.25) is 4.79 Å². The van der Waals surface area contributed by atoms with Crippen molar-refractivity contribution < 1.29 is 9.18 Å². The highest BCUT2D eigenvalue weighted by Gasteiger charge is 2.11. The number of hydrogen-bond donors (Lipinski definition) is 1. The Kier molecular flexibility index (Phi) is 6.00. The van der Waals surface area contributed by atoms with Gasteiger partial charge in [-0.2, -0.15) is 5.10 Å². The second kappa shape index (κ2) is 7.98. The molecule has 1 heterocycles. The topological polar surface area (TPSA) is 46.9 Å². The standard InChI is InChI=1S/C16H20FN3OS/c1-3-12(2)20-15(8-10-18-20)19-16(21)9-11-22-14-7-5-4-6-13(14)17/h4-8,10,12H,3,9,11H2,1-2H3,(H,19,21). The number of carbonyl (C=O) groups excluding carboxylic acids is 1. The lowest BCUT2D eigenvalue weighted by atomic mass is 10.3. The maximum absolute atomic E-state index is 13.5. The molecule has 0 spiro atoms. The van der Waals surface area contributed by atoms with Crippen LogP contribution in [0.4, 0.5) is 10.2 Å². The first kappa shape index (κ1) is 16.5. The molecule has 1 aromatic carbocycles. The normalized spacial score (nSPS) is 12.1. The lowest BCUT2D eigenvalue weighted by molar-refractivity contribution is -0.115. The highest BCUT2D eigenvalue weighted by atomic mass is 32.2. The first-order valence-electron chi connectivity index (χ1n) is 7.32. The Morgan fingerprint density at radius 2 is 2.18 bits per heavy atom. The van der Waals surface area contributed by atoms with Gasteiger partial charge >= 0.3 is 0 Å². The molecule has 4 nitrogen and oxygen atoms in total. The second-order valence-electron chi connectivity index (χ2n) is 5.00. The van der Waals surface area contributed by atoms with Crippen molar-refractivity contribution in [3.8, 4) is 0 Å². The summed E-state index contributed by atoms with van der Waals surface area (Å²) in [6.45, 7) is 4.12. The van der Waals surface area contributed by atoms with E-state index in [0.717, 1.165) is 6.42 Å². The Morgan fingerprint density at radius 1 is 1.41 bits per heavy atom. The third-order valence-corrected chi connectivity index (χ3v) is 4.42. The number of amides is 1. The van der Waals surface area contributed by atoms with Crippen molar-refractivity contribution in [1.29, 1.82) is 0 Å². The number of nitrogens with zero attached hydrogens (tertiary/aromatic N) is 2. The van der Waals surface area contributed by atoms with Crippen LogP contribution >= 0.6 is 11.8 Å². The average molecular weight is 321 g/mol. The van der Waals surface area contributed by atoms with Crippen molar-refractivity contribution in [3.05, 3.63) is 42.3 Å². The third kappa shape index (κ3) is 4.34. The number of halogens is 1. The number of anilines is 1. The van der Waals surface area contributed by atoms with Crippen LogP contribution in [0.1, 0.15) is 32.7 Å². The van der Waals surface area contributed by atoms with E-state index in [2.05, 4.69) is 24.3 Å². The van der Waals surface area contributed by atoms with E-state index in [-0.39, 0.29) is 17.8 Å². The Labute approximate surface area is 134 Å². The van der Waals surface area contributed by atoms with Gasteiger partial charge < -0.3 is 5.32 Å². The minimum absolute atomic E-state index is 0.0890. The molecule has 0 aliphatic heterocycles. The summed E-state index contributed by atoms with van der Waals surface area (Å²) in [5.74, 6) is 0.899. The molecule has 1 N–H and O–H groups in total. The molecule has 1 amide bonds. The van der Waals surface area contributed by atoms with Gasteiger partial charge in [-0.1, -0.05) is 19.1 Å². The molecule has 0 radical (unpaired) electrons. The molecule has 1 atom stereocenters. The van der Waals surface area contributed by atoms with Crippen molar-refractivity contribution in [1.82, 2.24) is 9.78 Å². The van der Waals surface area contributed by atoms with Crippen molar-refractivity contribution in [3.63, 3.8) is 0 Å². The number of thioether (sulfide) groups is 1. The Morgan fingerprint density at radius 3 is 2.91 bits per heavy atom. The van der Waals surface area contributed by atoms with Crippen LogP contribution in [-0.2, 0) is 4.79 Å². The summed E-state index contributed by atoms with van der Waals surface area (Å²) in [5, 5.41) is 7.09. The molecule has 1 unspecified atom stereocenters. The highest BCUT2D eigenvalue weighted by molar-refractivity contribution is 7.99. The van der Waals surface area contributed by atoms with E-state index < -0.39 is 0 Å². The van der Waals surface area contributed by atoms with Gasteiger partial charge in [-0.25, -0.2) is 9.07 Å². The summed E-state index contributed by atoms with van der Waals surface area (Å²) in [6, 6.07) is 8.60. The van der Waals surface area contributed by atoms with Crippen LogP contribution < -0.4 is 5.32 Å². The molecule has 118 valence electrons. The largest absolute Gasteiger partial charge is 0.311 e. The number of hydrogen-bond acceptors (Lipinski definition) is 3. The summed E-state index contributed by atoms with van der Waals surface area (Å²) < 4.78 is 15.3. The molecule has 0 saturated heterocycles. The van der Waals surface area contributed by atoms with Crippen LogP contribution in [-0.4, -0.2) is 21.4 Å². The Bertz CT molecular complexity index is 629. The van der Waals surface area contributed by atoms with Gasteiger partial charge in [-0.15, -0.1) is 11.8 Å². The molecular weight excluding hydrogens is 301 g/mol. The Balaban J connectivity index is 1.84. The van der Waals surface area contributed by atoms with Crippen molar-refractivity contribution in [2.24, 2.45) is 0 Å².